The number of aryl methyl sites for hydroxylation is 4. The SMILES string of the molecule is Cc1cc(C)cc(-c2c3ccc(-c4ccc5ccccc5c4)cc3c(-c3cc(C)cc(C)c3)c3cc4c(cc23)-c2ccccc2S4(C)C)c1. The van der Waals surface area contributed by atoms with Gasteiger partial charge in [0.05, 0.1) is 0 Å². The third-order valence-corrected chi connectivity index (χ3v) is 13.5. The Morgan fingerprint density at radius 3 is 1.57 bits per heavy atom. The molecule has 0 aliphatic carbocycles. The fourth-order valence-corrected chi connectivity index (χ4v) is 11.1. The number of benzene rings is 8. The first-order valence-electron chi connectivity index (χ1n) is 17.2. The van der Waals surface area contributed by atoms with E-state index in [9.17, 15) is 0 Å². The van der Waals surface area contributed by atoms with Crippen LogP contribution >= 0.6 is 10.0 Å². The lowest BCUT2D eigenvalue weighted by molar-refractivity contribution is 1.38. The monoisotopic (exact) mass is 648 g/mol. The molecule has 9 rings (SSSR count). The van der Waals surface area contributed by atoms with Crippen molar-refractivity contribution in [2.75, 3.05) is 12.5 Å². The molecule has 0 amide bonds. The van der Waals surface area contributed by atoms with Crippen LogP contribution in [0, 0.1) is 27.7 Å². The molecule has 1 heteroatoms. The van der Waals surface area contributed by atoms with Gasteiger partial charge in [0.2, 0.25) is 0 Å². The van der Waals surface area contributed by atoms with E-state index in [2.05, 4.69) is 174 Å². The van der Waals surface area contributed by atoms with Crippen molar-refractivity contribution in [3.05, 3.63) is 156 Å². The highest BCUT2D eigenvalue weighted by atomic mass is 32.3. The highest BCUT2D eigenvalue weighted by Gasteiger charge is 2.33. The first-order chi connectivity index (χ1) is 23.7. The molecule has 0 saturated carbocycles. The average Bonchev–Trinajstić information content (AvgIpc) is 3.30. The van der Waals surface area contributed by atoms with Gasteiger partial charge in [-0.15, -0.1) is 0 Å². The van der Waals surface area contributed by atoms with Crippen molar-refractivity contribution in [2.24, 2.45) is 0 Å². The number of fused-ring (bicyclic) bond motifs is 6. The molecule has 0 aromatic heterocycles. The summed E-state index contributed by atoms with van der Waals surface area (Å²) >= 11 is 0. The maximum atomic E-state index is 2.58. The van der Waals surface area contributed by atoms with Crippen molar-refractivity contribution < 1.29 is 0 Å². The summed E-state index contributed by atoms with van der Waals surface area (Å²) in [5.41, 5.74) is 15.7. The minimum Gasteiger partial charge on any atom is -0.192 e. The molecule has 0 saturated heterocycles. The molecule has 0 N–H and O–H groups in total. The predicted octanol–water partition coefficient (Wildman–Crippen LogP) is 13.8. The molecule has 1 aliphatic rings. The van der Waals surface area contributed by atoms with E-state index in [4.69, 9.17) is 0 Å². The Hall–Kier alpha value is -5.11. The number of rotatable bonds is 3. The van der Waals surface area contributed by atoms with E-state index in [0.29, 0.717) is 0 Å². The molecule has 0 nitrogen and oxygen atoms in total. The Kier molecular flexibility index (Phi) is 6.70. The van der Waals surface area contributed by atoms with Crippen LogP contribution in [-0.4, -0.2) is 12.5 Å². The van der Waals surface area contributed by atoms with Gasteiger partial charge in [0.25, 0.3) is 0 Å². The topological polar surface area (TPSA) is 0 Å². The largest absolute Gasteiger partial charge is 0.192 e. The first-order valence-corrected chi connectivity index (χ1v) is 19.7. The van der Waals surface area contributed by atoms with Crippen LogP contribution < -0.4 is 0 Å². The van der Waals surface area contributed by atoms with Gasteiger partial charge in [0.15, 0.2) is 0 Å². The lowest BCUT2D eigenvalue weighted by Crippen LogP contribution is -1.96. The van der Waals surface area contributed by atoms with Gasteiger partial charge in [-0.25, -0.2) is 0 Å². The molecule has 8 aromatic rings. The Morgan fingerprint density at radius 2 is 0.878 bits per heavy atom. The summed E-state index contributed by atoms with van der Waals surface area (Å²) in [5.74, 6) is 0. The van der Waals surface area contributed by atoms with Crippen LogP contribution in [-0.2, 0) is 0 Å². The van der Waals surface area contributed by atoms with Crippen LogP contribution in [0.25, 0.3) is 76.8 Å². The van der Waals surface area contributed by atoms with Crippen LogP contribution in [0.3, 0.4) is 0 Å². The summed E-state index contributed by atoms with van der Waals surface area (Å²) in [6, 6.07) is 51.1. The Labute approximate surface area is 291 Å². The van der Waals surface area contributed by atoms with Crippen LogP contribution in [0.2, 0.25) is 0 Å². The zero-order chi connectivity index (χ0) is 33.6. The molecular formula is C48H40S. The third kappa shape index (κ3) is 4.75. The molecule has 0 fully saturated rings. The summed E-state index contributed by atoms with van der Waals surface area (Å²) in [6.45, 7) is 8.91. The maximum Gasteiger partial charge on any atom is 0.00219 e. The van der Waals surface area contributed by atoms with Crippen LogP contribution in [0.4, 0.5) is 0 Å². The van der Waals surface area contributed by atoms with Crippen molar-refractivity contribution >= 4 is 42.3 Å². The fraction of sp³-hybridized carbons (Fsp3) is 0.125. The second-order valence-electron chi connectivity index (χ2n) is 14.5. The highest BCUT2D eigenvalue weighted by molar-refractivity contribution is 8.33. The highest BCUT2D eigenvalue weighted by Crippen LogP contribution is 2.68. The van der Waals surface area contributed by atoms with Gasteiger partial charge in [0, 0.05) is 9.79 Å². The molecule has 0 atom stereocenters. The summed E-state index contributed by atoms with van der Waals surface area (Å²) < 4.78 is 0. The van der Waals surface area contributed by atoms with Crippen molar-refractivity contribution in [3.8, 4) is 44.5 Å². The fourth-order valence-electron chi connectivity index (χ4n) is 8.55. The van der Waals surface area contributed by atoms with E-state index in [1.807, 2.05) is 0 Å². The summed E-state index contributed by atoms with van der Waals surface area (Å²) in [7, 11) is -1.19. The second kappa shape index (κ2) is 11.0. The average molecular weight is 649 g/mol. The van der Waals surface area contributed by atoms with Crippen molar-refractivity contribution in [3.63, 3.8) is 0 Å². The zero-order valence-corrected chi connectivity index (χ0v) is 29.9. The van der Waals surface area contributed by atoms with Gasteiger partial charge >= 0.3 is 0 Å². The van der Waals surface area contributed by atoms with Crippen molar-refractivity contribution in [2.45, 2.75) is 37.5 Å². The van der Waals surface area contributed by atoms with Gasteiger partial charge < -0.3 is 0 Å². The van der Waals surface area contributed by atoms with Gasteiger partial charge in [-0.1, -0.05) is 125 Å². The molecular weight excluding hydrogens is 609 g/mol. The molecule has 238 valence electrons. The van der Waals surface area contributed by atoms with Crippen molar-refractivity contribution in [1.82, 2.24) is 0 Å². The molecule has 0 radical (unpaired) electrons. The number of hydrogen-bond acceptors (Lipinski definition) is 0. The molecule has 8 aromatic carbocycles. The smallest absolute Gasteiger partial charge is 0.00219 e. The van der Waals surface area contributed by atoms with Gasteiger partial charge in [-0.2, -0.15) is 10.0 Å². The Bertz CT molecular complexity index is 2630. The van der Waals surface area contributed by atoms with E-state index < -0.39 is 10.0 Å². The maximum absolute atomic E-state index is 2.58. The first kappa shape index (κ1) is 30.0. The van der Waals surface area contributed by atoms with E-state index in [0.717, 1.165) is 0 Å². The normalized spacial score (nSPS) is 13.9. The minimum absolute atomic E-state index is 1.19. The predicted molar refractivity (Wildman–Crippen MR) is 216 cm³/mol. The third-order valence-electron chi connectivity index (χ3n) is 10.6. The molecule has 49 heavy (non-hydrogen) atoms. The van der Waals surface area contributed by atoms with Gasteiger partial charge in [0.1, 0.15) is 0 Å². The molecule has 1 aliphatic heterocycles. The molecule has 0 unspecified atom stereocenters. The quantitative estimate of drug-likeness (QED) is 0.167. The zero-order valence-electron chi connectivity index (χ0n) is 29.1. The molecule has 1 heterocycles. The molecule has 0 spiro atoms. The van der Waals surface area contributed by atoms with E-state index >= 15 is 0 Å². The van der Waals surface area contributed by atoms with E-state index in [1.54, 1.807) is 0 Å². The van der Waals surface area contributed by atoms with Gasteiger partial charge in [-0.05, 0) is 147 Å². The summed E-state index contributed by atoms with van der Waals surface area (Å²) in [5, 5.41) is 7.82. The number of hydrogen-bond donors (Lipinski definition) is 0. The Morgan fingerprint density at radius 1 is 0.347 bits per heavy atom. The minimum atomic E-state index is -1.19. The lowest BCUT2D eigenvalue weighted by atomic mass is 9.83. The van der Waals surface area contributed by atoms with Gasteiger partial charge in [-0.3, -0.25) is 0 Å². The lowest BCUT2D eigenvalue weighted by Gasteiger charge is -2.29. The van der Waals surface area contributed by atoms with E-state index in [1.165, 1.54) is 109 Å². The van der Waals surface area contributed by atoms with Crippen molar-refractivity contribution in [1.29, 1.82) is 0 Å². The summed E-state index contributed by atoms with van der Waals surface area (Å²) in [4.78, 5) is 2.98. The Balaban J connectivity index is 1.47. The standard InChI is InChI=1S/C48H40S/c1-29-19-30(2)22-37(21-29)47-40-18-17-36(35-16-15-33-11-7-8-12-34(33)25-35)26-42(40)48(38-23-31(3)20-32(4)24-38)44-28-46-41(27-43(44)47)39-13-9-10-14-45(39)49(46,5)6/h7-28H,1-6H3. The van der Waals surface area contributed by atoms with Crippen LogP contribution in [0.15, 0.2) is 143 Å². The molecule has 0 bridgehead atoms. The van der Waals surface area contributed by atoms with E-state index in [-0.39, 0.29) is 0 Å². The second-order valence-corrected chi connectivity index (χ2v) is 18.1. The summed E-state index contributed by atoms with van der Waals surface area (Å²) in [6.07, 6.45) is 4.95. The van der Waals surface area contributed by atoms with Crippen LogP contribution in [0.5, 0.6) is 0 Å². The van der Waals surface area contributed by atoms with Crippen LogP contribution in [0.1, 0.15) is 22.3 Å².